The highest BCUT2D eigenvalue weighted by Gasteiger charge is 2.39. The highest BCUT2D eigenvalue weighted by Crippen LogP contribution is 2.53. The van der Waals surface area contributed by atoms with E-state index in [9.17, 15) is 0 Å². The Morgan fingerprint density at radius 1 is 0.272 bits per heavy atom. The van der Waals surface area contributed by atoms with E-state index in [-0.39, 0.29) is 17.9 Å². The largest absolute Gasteiger partial charge is 0.453 e. The van der Waals surface area contributed by atoms with Crippen LogP contribution in [0.25, 0.3) is 88.7 Å². The molecule has 8 nitrogen and oxygen atoms in total. The number of benzene rings is 13. The molecule has 92 heavy (non-hydrogen) atoms. The standard InChI is InChI=1S/C84H63N7O/c1-9-30-58(31-10-1)68-46-29-47-69(59-32-11-2-12-33-59)82(68)91-75-57-80-76(90-73-51-28-26-49-71(73)88(65-44-23-8-24-45-65)79-54-67(55-81(92-80)84(79)90)86(62-38-17-5-18-39-62)63-40-19-6-20-41-63)56-74(75)89-72-50-27-25-48-70(72)87(64-42-21-7-22-43-64)77-52-66(53-78(91)83(77)89)85(60-34-13-3-14-35-60)61-36-15-4-16-37-61/h1-28,30-45,48-57,68-69,82H,29,46-47H2. The summed E-state index contributed by atoms with van der Waals surface area (Å²) < 4.78 is 20.7. The van der Waals surface area contributed by atoms with Gasteiger partial charge in [-0.05, 0) is 145 Å². The normalized spacial score (nSPS) is 15.2. The van der Waals surface area contributed by atoms with Crippen LogP contribution < -0.4 is 9.80 Å². The molecule has 2 atom stereocenters. The predicted molar refractivity (Wildman–Crippen MR) is 381 cm³/mol. The average Bonchev–Trinajstić information content (AvgIpc) is 0.691. The van der Waals surface area contributed by atoms with Gasteiger partial charge in [0, 0.05) is 64.1 Å². The monoisotopic (exact) mass is 1190 g/mol. The minimum Gasteiger partial charge on any atom is -0.453 e. The van der Waals surface area contributed by atoms with E-state index in [4.69, 9.17) is 4.42 Å². The maximum absolute atomic E-state index is 7.87. The number of anilines is 6. The Labute approximate surface area is 532 Å². The molecule has 1 aliphatic carbocycles. The van der Waals surface area contributed by atoms with Gasteiger partial charge in [-0.3, -0.25) is 4.40 Å². The van der Waals surface area contributed by atoms with E-state index < -0.39 is 0 Å². The lowest BCUT2D eigenvalue weighted by Crippen LogP contribution is -2.30. The van der Waals surface area contributed by atoms with Gasteiger partial charge in [-0.25, -0.2) is 0 Å². The summed E-state index contributed by atoms with van der Waals surface area (Å²) in [6.07, 6.45) is 3.14. The lowest BCUT2D eigenvalue weighted by atomic mass is 9.71. The van der Waals surface area contributed by atoms with Crippen LogP contribution >= 0.6 is 0 Å². The Kier molecular flexibility index (Phi) is 12.8. The van der Waals surface area contributed by atoms with Crippen LogP contribution in [0.1, 0.15) is 48.3 Å². The molecule has 4 aromatic heterocycles. The Morgan fingerprint density at radius 3 is 1.10 bits per heavy atom. The number of para-hydroxylation sites is 10. The quantitative estimate of drug-likeness (QED) is 0.0957. The second kappa shape index (κ2) is 22.1. The van der Waals surface area contributed by atoms with E-state index in [2.05, 4.69) is 360 Å². The molecule has 17 aromatic rings. The molecule has 0 radical (unpaired) electrons. The Hall–Kier alpha value is -11.7. The molecule has 0 N–H and O–H groups in total. The Balaban J connectivity index is 1.07. The molecule has 0 amide bonds. The van der Waals surface area contributed by atoms with Crippen molar-refractivity contribution in [2.75, 3.05) is 9.80 Å². The number of hydrogen-bond donors (Lipinski definition) is 0. The van der Waals surface area contributed by atoms with Crippen molar-refractivity contribution in [3.63, 3.8) is 0 Å². The number of aromatic nitrogens is 5. The molecule has 1 fully saturated rings. The second-order valence-corrected chi connectivity index (χ2v) is 24.4. The molecule has 0 spiro atoms. The van der Waals surface area contributed by atoms with Gasteiger partial charge < -0.3 is 32.3 Å². The lowest BCUT2D eigenvalue weighted by molar-refractivity contribution is 0.274. The van der Waals surface area contributed by atoms with E-state index >= 15 is 0 Å². The van der Waals surface area contributed by atoms with Crippen molar-refractivity contribution in [1.29, 1.82) is 0 Å². The minimum atomic E-state index is -0.0642. The van der Waals surface area contributed by atoms with Gasteiger partial charge in [-0.15, -0.1) is 0 Å². The van der Waals surface area contributed by atoms with Crippen LogP contribution in [0, 0.1) is 0 Å². The van der Waals surface area contributed by atoms with Crippen molar-refractivity contribution in [2.45, 2.75) is 37.1 Å². The molecule has 440 valence electrons. The number of rotatable bonds is 11. The fourth-order valence-corrected chi connectivity index (χ4v) is 15.5. The summed E-state index contributed by atoms with van der Waals surface area (Å²) in [6, 6.07) is 120. The van der Waals surface area contributed by atoms with E-state index in [1.54, 1.807) is 0 Å². The summed E-state index contributed by atoms with van der Waals surface area (Å²) in [4.78, 5) is 4.78. The van der Waals surface area contributed by atoms with Gasteiger partial charge in [0.1, 0.15) is 5.52 Å². The molecular weight excluding hydrogens is 1120 g/mol. The highest BCUT2D eigenvalue weighted by atomic mass is 16.3. The zero-order chi connectivity index (χ0) is 60.6. The van der Waals surface area contributed by atoms with Crippen molar-refractivity contribution >= 4 is 111 Å². The third-order valence-corrected chi connectivity index (χ3v) is 19.2. The second-order valence-electron chi connectivity index (χ2n) is 24.4. The van der Waals surface area contributed by atoms with Crippen LogP contribution in [0.3, 0.4) is 0 Å². The van der Waals surface area contributed by atoms with Gasteiger partial charge >= 0.3 is 0 Å². The van der Waals surface area contributed by atoms with Crippen LogP contribution in [-0.2, 0) is 0 Å². The summed E-state index contributed by atoms with van der Waals surface area (Å²) >= 11 is 0. The molecule has 4 heterocycles. The molecule has 2 unspecified atom stereocenters. The van der Waals surface area contributed by atoms with Crippen molar-refractivity contribution in [3.05, 3.63) is 339 Å². The minimum absolute atomic E-state index is 0.0642. The summed E-state index contributed by atoms with van der Waals surface area (Å²) in [5, 5.41) is 0. The van der Waals surface area contributed by atoms with E-state index in [0.29, 0.717) is 0 Å². The maximum Gasteiger partial charge on any atom is 0.155 e. The SMILES string of the molecule is c1ccc(C2CCCC(c3ccccc3)C2n2c3cc4oc5cc(N(c6ccccc6)c6ccccc6)cc6c5n(c4cc3n3c4ccccc4n(-c4ccccc4)c4cc(N(c5ccccc5)c5ccccc5)cc2c43)c2ccccc2n6-c2ccccc2)cc1. The van der Waals surface area contributed by atoms with Gasteiger partial charge in [-0.2, -0.15) is 0 Å². The zero-order valence-corrected chi connectivity index (χ0v) is 50.6. The van der Waals surface area contributed by atoms with Gasteiger partial charge in [0.05, 0.1) is 72.1 Å². The molecule has 1 saturated carbocycles. The van der Waals surface area contributed by atoms with Crippen LogP contribution in [0.15, 0.2) is 332 Å². The summed E-state index contributed by atoms with van der Waals surface area (Å²) in [5.41, 5.74) is 25.3. The first-order chi connectivity index (χ1) is 45.7. The molecule has 13 aromatic carbocycles. The fourth-order valence-electron chi connectivity index (χ4n) is 15.5. The van der Waals surface area contributed by atoms with Gasteiger partial charge in [0.25, 0.3) is 0 Å². The van der Waals surface area contributed by atoms with E-state index in [0.717, 1.165) is 142 Å². The first-order valence-corrected chi connectivity index (χ1v) is 32.1. The maximum atomic E-state index is 7.87. The van der Waals surface area contributed by atoms with Gasteiger partial charge in [0.15, 0.2) is 11.2 Å². The van der Waals surface area contributed by atoms with Crippen molar-refractivity contribution in [1.82, 2.24) is 22.5 Å². The summed E-state index contributed by atoms with van der Waals surface area (Å²) in [5.74, 6) is 0.272. The predicted octanol–water partition coefficient (Wildman–Crippen LogP) is 22.4. The molecule has 1 aliphatic rings. The topological polar surface area (TPSA) is 43.2 Å². The number of fused-ring (bicyclic) bond motifs is 8. The summed E-state index contributed by atoms with van der Waals surface area (Å²) in [6.45, 7) is 0. The van der Waals surface area contributed by atoms with Crippen LogP contribution in [0.2, 0.25) is 0 Å². The fraction of sp³-hybridized carbons (Fsp3) is 0.0714. The van der Waals surface area contributed by atoms with Crippen molar-refractivity contribution in [3.8, 4) is 11.4 Å². The molecule has 18 rings (SSSR count). The molecule has 0 bridgehead atoms. The molecule has 8 heteroatoms. The van der Waals surface area contributed by atoms with Gasteiger partial charge in [0.2, 0.25) is 0 Å². The Bertz CT molecular complexity index is 5490. The Morgan fingerprint density at radius 2 is 0.641 bits per heavy atom. The molecule has 0 saturated heterocycles. The third-order valence-electron chi connectivity index (χ3n) is 19.2. The van der Waals surface area contributed by atoms with Crippen LogP contribution in [0.4, 0.5) is 34.1 Å². The number of hydrogen-bond acceptors (Lipinski definition) is 3. The number of nitrogens with zero attached hydrogens (tertiary/aromatic N) is 7. The lowest BCUT2D eigenvalue weighted by Gasteiger charge is -2.42. The van der Waals surface area contributed by atoms with E-state index in [1.807, 2.05) is 0 Å². The zero-order valence-electron chi connectivity index (χ0n) is 50.6. The van der Waals surface area contributed by atoms with Crippen LogP contribution in [-0.4, -0.2) is 22.5 Å². The molecule has 0 aliphatic heterocycles. The highest BCUT2D eigenvalue weighted by molar-refractivity contribution is 6.11. The van der Waals surface area contributed by atoms with Gasteiger partial charge in [-0.1, -0.05) is 201 Å². The van der Waals surface area contributed by atoms with Crippen LogP contribution in [0.5, 0.6) is 0 Å². The van der Waals surface area contributed by atoms with Crippen molar-refractivity contribution < 1.29 is 4.42 Å². The third kappa shape index (κ3) is 8.66. The summed E-state index contributed by atoms with van der Waals surface area (Å²) in [7, 11) is 0. The average molecular weight is 1190 g/mol. The molecular formula is C84H63N7O. The smallest absolute Gasteiger partial charge is 0.155 e. The first kappa shape index (κ1) is 53.3. The first-order valence-electron chi connectivity index (χ1n) is 32.1. The van der Waals surface area contributed by atoms with Crippen molar-refractivity contribution in [2.24, 2.45) is 0 Å². The van der Waals surface area contributed by atoms with E-state index in [1.165, 1.54) is 11.1 Å².